The minimum absolute atomic E-state index is 0.0158. The van der Waals surface area contributed by atoms with Crippen LogP contribution in [0.1, 0.15) is 64.2 Å². The number of piperidine rings is 2. The highest BCUT2D eigenvalue weighted by Gasteiger charge is 2.36. The van der Waals surface area contributed by atoms with Crippen LogP contribution in [0.5, 0.6) is 0 Å². The van der Waals surface area contributed by atoms with Gasteiger partial charge in [-0.3, -0.25) is 9.59 Å². The number of anilines is 4. The molecule has 324 valence electrons. The van der Waals surface area contributed by atoms with Gasteiger partial charge in [-0.25, -0.2) is 9.97 Å². The molecule has 61 heavy (non-hydrogen) atoms. The van der Waals surface area contributed by atoms with Crippen LogP contribution >= 0.6 is 23.2 Å². The summed E-state index contributed by atoms with van der Waals surface area (Å²) < 4.78 is 6.41. The summed E-state index contributed by atoms with van der Waals surface area (Å²) in [5.74, 6) is 2.04. The van der Waals surface area contributed by atoms with Gasteiger partial charge in [0.1, 0.15) is 11.6 Å². The van der Waals surface area contributed by atoms with Crippen LogP contribution in [0.3, 0.4) is 0 Å². The van der Waals surface area contributed by atoms with Crippen molar-refractivity contribution in [1.29, 1.82) is 0 Å². The molecule has 13 heteroatoms. The summed E-state index contributed by atoms with van der Waals surface area (Å²) in [6, 6.07) is 20.4. The third kappa shape index (κ3) is 11.4. The van der Waals surface area contributed by atoms with E-state index < -0.39 is 0 Å². The SMILES string of the molecule is CN(CC1CCOC(C2CNCC(C(=O)Nc3cc(-c4cccc(NCC5CCCCC5)c4)c(Cl)cn3)C2)C1)c1cccc(-c2cc(NC(=O)C3CCCNC3)ncc2Cl)c1. The highest BCUT2D eigenvalue weighted by molar-refractivity contribution is 6.33. The molecule has 0 bridgehead atoms. The number of nitrogens with zero attached hydrogens (tertiary/aromatic N) is 3. The lowest BCUT2D eigenvalue weighted by molar-refractivity contribution is -0.122. The summed E-state index contributed by atoms with van der Waals surface area (Å²) in [7, 11) is 2.13. The zero-order valence-corrected chi connectivity index (χ0v) is 36.7. The Morgan fingerprint density at radius 2 is 1.44 bits per heavy atom. The molecule has 1 aliphatic carbocycles. The highest BCUT2D eigenvalue weighted by Crippen LogP contribution is 2.36. The first-order chi connectivity index (χ1) is 29.8. The quantitative estimate of drug-likeness (QED) is 0.0893. The zero-order valence-electron chi connectivity index (χ0n) is 35.2. The standard InChI is InChI=1S/C48H60Cl2N8O3/c1-58(39-14-6-11-34(21-39)41-23-45(54-29-43(41)50)56-47(59)35-12-7-16-51-25-35)30-32-15-17-61-44(18-32)36-19-37(27-52-26-36)48(60)57-46-22-40(42(49)28-55-46)33-10-5-13-38(20-33)53-24-31-8-3-2-4-9-31/h5-6,10-11,13-14,20-23,28-29,31-32,35-37,44,51-53H,2-4,7-9,12,15-19,24-27,30H2,1H3,(H,54,56,59)(H,55,57,60). The molecule has 4 fully saturated rings. The van der Waals surface area contributed by atoms with Crippen molar-refractivity contribution < 1.29 is 14.3 Å². The van der Waals surface area contributed by atoms with Crippen molar-refractivity contribution in [1.82, 2.24) is 20.6 Å². The Kier molecular flexibility index (Phi) is 14.8. The van der Waals surface area contributed by atoms with E-state index in [1.807, 2.05) is 36.4 Å². The average Bonchev–Trinajstić information content (AvgIpc) is 3.30. The summed E-state index contributed by atoms with van der Waals surface area (Å²) in [6.07, 6.45) is 14.4. The molecule has 5 unspecified atom stereocenters. The van der Waals surface area contributed by atoms with Crippen molar-refractivity contribution in [2.75, 3.05) is 73.8 Å². The van der Waals surface area contributed by atoms with E-state index in [0.717, 1.165) is 97.8 Å². The smallest absolute Gasteiger partial charge is 0.229 e. The summed E-state index contributed by atoms with van der Waals surface area (Å²) in [5.41, 5.74) is 5.78. The lowest BCUT2D eigenvalue weighted by atomic mass is 9.81. The molecule has 0 radical (unpaired) electrons. The molecule has 11 nitrogen and oxygen atoms in total. The van der Waals surface area contributed by atoms with Crippen molar-refractivity contribution in [2.24, 2.45) is 29.6 Å². The molecule has 8 rings (SSSR count). The lowest BCUT2D eigenvalue weighted by Gasteiger charge is -2.39. The fraction of sp³-hybridized carbons (Fsp3) is 0.500. The molecule has 5 heterocycles. The number of amides is 2. The molecule has 2 aromatic heterocycles. The Hall–Kier alpha value is -4.26. The summed E-state index contributed by atoms with van der Waals surface area (Å²) >= 11 is 13.4. The number of hydrogen-bond acceptors (Lipinski definition) is 9. The Morgan fingerprint density at radius 1 is 0.754 bits per heavy atom. The van der Waals surface area contributed by atoms with E-state index in [4.69, 9.17) is 27.9 Å². The Morgan fingerprint density at radius 3 is 2.16 bits per heavy atom. The zero-order chi connectivity index (χ0) is 42.1. The van der Waals surface area contributed by atoms with Gasteiger partial charge in [0, 0.05) is 81.3 Å². The molecule has 2 aromatic carbocycles. The van der Waals surface area contributed by atoms with Crippen molar-refractivity contribution in [3.8, 4) is 22.3 Å². The maximum atomic E-state index is 13.8. The molecule has 4 aromatic rings. The Bertz CT molecular complexity index is 2130. The summed E-state index contributed by atoms with van der Waals surface area (Å²) in [4.78, 5) is 37.9. The van der Waals surface area contributed by atoms with Gasteiger partial charge in [-0.15, -0.1) is 0 Å². The molecule has 3 aliphatic heterocycles. The van der Waals surface area contributed by atoms with Crippen LogP contribution < -0.4 is 31.5 Å². The van der Waals surface area contributed by atoms with Crippen molar-refractivity contribution in [3.63, 3.8) is 0 Å². The first-order valence-electron chi connectivity index (χ1n) is 22.4. The first-order valence-corrected chi connectivity index (χ1v) is 23.1. The van der Waals surface area contributed by atoms with Gasteiger partial charge >= 0.3 is 0 Å². The van der Waals surface area contributed by atoms with Crippen LogP contribution in [0.15, 0.2) is 73.1 Å². The maximum absolute atomic E-state index is 13.8. The van der Waals surface area contributed by atoms with E-state index in [2.05, 4.69) is 72.8 Å². The van der Waals surface area contributed by atoms with Crippen molar-refractivity contribution in [3.05, 3.63) is 83.1 Å². The number of benzene rings is 2. The van der Waals surface area contributed by atoms with E-state index in [1.165, 1.54) is 32.1 Å². The van der Waals surface area contributed by atoms with Gasteiger partial charge in [0.05, 0.1) is 28.0 Å². The van der Waals surface area contributed by atoms with Crippen molar-refractivity contribution >= 4 is 58.0 Å². The number of halogens is 2. The minimum atomic E-state index is -0.209. The van der Waals surface area contributed by atoms with Crippen LogP contribution in [0.2, 0.25) is 10.0 Å². The third-order valence-electron chi connectivity index (χ3n) is 13.2. The largest absolute Gasteiger partial charge is 0.385 e. The number of pyridine rings is 2. The van der Waals surface area contributed by atoms with Crippen LogP contribution in [-0.4, -0.2) is 80.8 Å². The normalized spacial score (nSPS) is 23.5. The second-order valence-electron chi connectivity index (χ2n) is 17.7. The summed E-state index contributed by atoms with van der Waals surface area (Å²) in [6.45, 7) is 5.62. The topological polar surface area (TPSA) is 133 Å². The van der Waals surface area contributed by atoms with Crippen molar-refractivity contribution in [2.45, 2.75) is 70.3 Å². The second-order valence-corrected chi connectivity index (χ2v) is 18.5. The van der Waals surface area contributed by atoms with E-state index in [9.17, 15) is 9.59 Å². The Balaban J connectivity index is 0.851. The fourth-order valence-electron chi connectivity index (χ4n) is 9.70. The van der Waals surface area contributed by atoms with E-state index >= 15 is 0 Å². The predicted molar refractivity (Wildman–Crippen MR) is 247 cm³/mol. The van der Waals surface area contributed by atoms with E-state index in [1.54, 1.807) is 12.4 Å². The van der Waals surface area contributed by atoms with Crippen LogP contribution in [0, 0.1) is 29.6 Å². The maximum Gasteiger partial charge on any atom is 0.229 e. The van der Waals surface area contributed by atoms with Gasteiger partial charge in [0.25, 0.3) is 0 Å². The van der Waals surface area contributed by atoms with Gasteiger partial charge < -0.3 is 36.2 Å². The number of carbonyl (C=O) groups is 2. The molecule has 0 spiro atoms. The number of nitrogens with one attached hydrogen (secondary N) is 5. The van der Waals surface area contributed by atoms with Gasteiger partial charge in [-0.05, 0) is 117 Å². The molecule has 5 N–H and O–H groups in total. The van der Waals surface area contributed by atoms with Gasteiger partial charge in [-0.2, -0.15) is 0 Å². The molecule has 3 saturated heterocycles. The molecule has 2 amide bonds. The number of hydrogen-bond donors (Lipinski definition) is 5. The lowest BCUT2D eigenvalue weighted by Crippen LogP contribution is -2.48. The average molecular weight is 868 g/mol. The number of rotatable bonds is 13. The molecular formula is C48H60Cl2N8O3. The van der Waals surface area contributed by atoms with Crippen LogP contribution in [0.4, 0.5) is 23.0 Å². The Labute approximate surface area is 370 Å². The number of carbonyl (C=O) groups excluding carboxylic acids is 2. The third-order valence-corrected chi connectivity index (χ3v) is 13.8. The van der Waals surface area contributed by atoms with Crippen LogP contribution in [0.25, 0.3) is 22.3 Å². The number of aromatic nitrogens is 2. The number of ether oxygens (including phenoxy) is 1. The minimum Gasteiger partial charge on any atom is -0.385 e. The molecule has 4 aliphatic rings. The van der Waals surface area contributed by atoms with Gasteiger partial charge in [0.2, 0.25) is 11.8 Å². The fourth-order valence-corrected chi connectivity index (χ4v) is 10.1. The predicted octanol–water partition coefficient (Wildman–Crippen LogP) is 9.14. The molecular weight excluding hydrogens is 807 g/mol. The first kappa shape index (κ1) is 43.4. The van der Waals surface area contributed by atoms with E-state index in [-0.39, 0.29) is 35.7 Å². The second kappa shape index (κ2) is 20.7. The highest BCUT2D eigenvalue weighted by atomic mass is 35.5. The van der Waals surface area contributed by atoms with Crippen LogP contribution in [-0.2, 0) is 14.3 Å². The monoisotopic (exact) mass is 866 g/mol. The summed E-state index contributed by atoms with van der Waals surface area (Å²) in [5, 5.41) is 17.7. The van der Waals surface area contributed by atoms with Gasteiger partial charge in [-0.1, -0.05) is 66.7 Å². The molecule has 5 atom stereocenters. The molecule has 1 saturated carbocycles. The van der Waals surface area contributed by atoms with Gasteiger partial charge in [0.15, 0.2) is 0 Å². The van der Waals surface area contributed by atoms with E-state index in [0.29, 0.717) is 47.3 Å².